The molecule has 10 heteroatoms. The minimum absolute atomic E-state index is 0.0200. The molecule has 172 valence electrons. The first-order valence-electron chi connectivity index (χ1n) is 10.3. The largest absolute Gasteiger partial charge is 0.380 e. The zero-order valence-electron chi connectivity index (χ0n) is 18.1. The van der Waals surface area contributed by atoms with Crippen LogP contribution in [-0.4, -0.2) is 52.4 Å². The third-order valence-corrected chi connectivity index (χ3v) is 5.70. The normalized spacial score (nSPS) is 17.8. The molecule has 0 saturated carbocycles. The van der Waals surface area contributed by atoms with E-state index in [4.69, 9.17) is 16.3 Å². The van der Waals surface area contributed by atoms with Crippen LogP contribution < -0.4 is 10.6 Å². The fourth-order valence-electron chi connectivity index (χ4n) is 3.69. The number of nitrogens with one attached hydrogen (secondary N) is 2. The molecule has 2 aromatic carbocycles. The summed E-state index contributed by atoms with van der Waals surface area (Å²) in [4.78, 5) is 27.3. The number of rotatable bonds is 5. The van der Waals surface area contributed by atoms with Crippen molar-refractivity contribution >= 4 is 34.9 Å². The highest BCUT2D eigenvalue weighted by atomic mass is 35.5. The molecule has 0 radical (unpaired) electrons. The smallest absolute Gasteiger partial charge is 0.322 e. The van der Waals surface area contributed by atoms with E-state index in [-0.39, 0.29) is 18.3 Å². The van der Waals surface area contributed by atoms with E-state index in [2.05, 4.69) is 15.7 Å². The van der Waals surface area contributed by atoms with E-state index < -0.39 is 23.8 Å². The zero-order valence-corrected chi connectivity index (χ0v) is 18.8. The van der Waals surface area contributed by atoms with Gasteiger partial charge in [-0.15, -0.1) is 0 Å². The summed E-state index contributed by atoms with van der Waals surface area (Å²) in [5.41, 5.74) is 1.90. The van der Waals surface area contributed by atoms with Gasteiger partial charge >= 0.3 is 6.03 Å². The number of aromatic nitrogens is 2. The quantitative estimate of drug-likeness (QED) is 0.582. The van der Waals surface area contributed by atoms with Gasteiger partial charge in [-0.3, -0.25) is 4.79 Å². The summed E-state index contributed by atoms with van der Waals surface area (Å²) in [6.07, 6.45) is 1.71. The molecule has 2 unspecified atom stereocenters. The molecule has 1 aliphatic rings. The maximum absolute atomic E-state index is 14.7. The molecule has 2 N–H and O–H groups in total. The van der Waals surface area contributed by atoms with Crippen LogP contribution in [0.25, 0.3) is 5.69 Å². The average molecular weight is 472 g/mol. The minimum Gasteiger partial charge on any atom is -0.380 e. The van der Waals surface area contributed by atoms with Crippen LogP contribution in [0.15, 0.2) is 54.7 Å². The lowest BCUT2D eigenvalue weighted by Crippen LogP contribution is -2.45. The van der Waals surface area contributed by atoms with E-state index in [0.29, 0.717) is 22.8 Å². The first kappa shape index (κ1) is 22.8. The van der Waals surface area contributed by atoms with E-state index in [9.17, 15) is 14.0 Å². The number of amides is 3. The summed E-state index contributed by atoms with van der Waals surface area (Å²) in [7, 11) is 1.52. The number of benzene rings is 2. The predicted octanol–water partition coefficient (Wildman–Crippen LogP) is 4.23. The highest BCUT2D eigenvalue weighted by Crippen LogP contribution is 2.25. The van der Waals surface area contributed by atoms with Crippen LogP contribution in [0.3, 0.4) is 0 Å². The number of carbonyl (C=O) groups is 2. The Morgan fingerprint density at radius 3 is 2.55 bits per heavy atom. The fourth-order valence-corrected chi connectivity index (χ4v) is 3.82. The number of hydrogen-bond acceptors (Lipinski definition) is 4. The molecule has 8 nitrogen and oxygen atoms in total. The highest BCUT2D eigenvalue weighted by molar-refractivity contribution is 6.30. The van der Waals surface area contributed by atoms with Crippen LogP contribution >= 0.6 is 11.6 Å². The molecule has 4 rings (SSSR count). The van der Waals surface area contributed by atoms with Gasteiger partial charge in [-0.1, -0.05) is 11.6 Å². The number of methoxy groups -OCH3 is 1. The molecule has 3 aromatic rings. The summed E-state index contributed by atoms with van der Waals surface area (Å²) in [6, 6.07) is 11.6. The van der Waals surface area contributed by atoms with Crippen LogP contribution in [0.5, 0.6) is 0 Å². The lowest BCUT2D eigenvalue weighted by molar-refractivity contribution is -0.119. The molecule has 33 heavy (non-hydrogen) atoms. The van der Waals surface area contributed by atoms with Crippen LogP contribution in [0, 0.1) is 12.7 Å². The monoisotopic (exact) mass is 471 g/mol. The van der Waals surface area contributed by atoms with Crippen molar-refractivity contribution in [3.05, 3.63) is 71.3 Å². The zero-order chi connectivity index (χ0) is 23.5. The fraction of sp³-hybridized carbons (Fsp3) is 0.261. The number of hydrogen-bond donors (Lipinski definition) is 2. The number of ether oxygens (including phenoxy) is 1. The number of aryl methyl sites for hydroxylation is 1. The van der Waals surface area contributed by atoms with E-state index in [1.165, 1.54) is 24.1 Å². The van der Waals surface area contributed by atoms with Crippen molar-refractivity contribution in [3.63, 3.8) is 0 Å². The van der Waals surface area contributed by atoms with Gasteiger partial charge in [-0.25, -0.2) is 13.9 Å². The van der Waals surface area contributed by atoms with Crippen molar-refractivity contribution in [1.29, 1.82) is 0 Å². The molecular weight excluding hydrogens is 449 g/mol. The molecule has 1 aliphatic heterocycles. The predicted molar refractivity (Wildman–Crippen MR) is 123 cm³/mol. The third kappa shape index (κ3) is 5.15. The van der Waals surface area contributed by atoms with Gasteiger partial charge in [0.1, 0.15) is 11.9 Å². The standard InChI is InChI=1S/C23H23ClFN5O3/c1-14-9-10-30(28-14)17-7-8-20(19(25)11-17)27-22(31)21-12-18(33-2)13-29(21)23(32)26-16-5-3-15(24)4-6-16/h3-11,18,21H,12-13H2,1-2H3,(H,26,32)(H,27,31). The van der Waals surface area contributed by atoms with E-state index in [1.807, 2.05) is 13.0 Å². The van der Waals surface area contributed by atoms with Crippen molar-refractivity contribution in [1.82, 2.24) is 14.7 Å². The SMILES string of the molecule is COC1CC(C(=O)Nc2ccc(-n3ccc(C)n3)cc2F)N(C(=O)Nc2ccc(Cl)cc2)C1. The molecule has 1 aromatic heterocycles. The van der Waals surface area contributed by atoms with Crippen LogP contribution in [0.1, 0.15) is 12.1 Å². The number of nitrogens with zero attached hydrogens (tertiary/aromatic N) is 3. The summed E-state index contributed by atoms with van der Waals surface area (Å²) >= 11 is 5.89. The van der Waals surface area contributed by atoms with Crippen molar-refractivity contribution in [2.75, 3.05) is 24.3 Å². The van der Waals surface area contributed by atoms with E-state index in [1.54, 1.807) is 41.2 Å². The van der Waals surface area contributed by atoms with Gasteiger partial charge in [0.05, 0.1) is 23.2 Å². The molecule has 0 aliphatic carbocycles. The summed E-state index contributed by atoms with van der Waals surface area (Å²) in [5.74, 6) is -1.10. The maximum Gasteiger partial charge on any atom is 0.322 e. The topological polar surface area (TPSA) is 88.5 Å². The second-order valence-corrected chi connectivity index (χ2v) is 8.19. The Morgan fingerprint density at radius 2 is 1.91 bits per heavy atom. The van der Waals surface area contributed by atoms with Gasteiger partial charge in [0.15, 0.2) is 0 Å². The highest BCUT2D eigenvalue weighted by Gasteiger charge is 2.40. The van der Waals surface area contributed by atoms with E-state index >= 15 is 0 Å². The van der Waals surface area contributed by atoms with Crippen molar-refractivity contribution < 1.29 is 18.7 Å². The molecule has 2 atom stereocenters. The molecule has 0 spiro atoms. The summed E-state index contributed by atoms with van der Waals surface area (Å²) < 4.78 is 21.6. The van der Waals surface area contributed by atoms with Gasteiger partial charge in [0.2, 0.25) is 5.91 Å². The van der Waals surface area contributed by atoms with Gasteiger partial charge in [-0.05, 0) is 49.4 Å². The van der Waals surface area contributed by atoms with Gasteiger partial charge < -0.3 is 20.3 Å². The second kappa shape index (κ2) is 9.60. The number of urea groups is 1. The van der Waals surface area contributed by atoms with Crippen LogP contribution in [0.4, 0.5) is 20.6 Å². The first-order valence-corrected chi connectivity index (χ1v) is 10.7. The Kier molecular flexibility index (Phi) is 6.62. The Balaban J connectivity index is 1.48. The van der Waals surface area contributed by atoms with Crippen LogP contribution in [-0.2, 0) is 9.53 Å². The lowest BCUT2D eigenvalue weighted by atomic mass is 10.1. The van der Waals surface area contributed by atoms with Gasteiger partial charge in [0, 0.05) is 43.0 Å². The Hall–Kier alpha value is -3.43. The van der Waals surface area contributed by atoms with Crippen molar-refractivity contribution in [2.45, 2.75) is 25.5 Å². The van der Waals surface area contributed by atoms with Crippen molar-refractivity contribution in [2.24, 2.45) is 0 Å². The lowest BCUT2D eigenvalue weighted by Gasteiger charge is -2.24. The number of anilines is 2. The summed E-state index contributed by atoms with van der Waals surface area (Å²) in [6.45, 7) is 2.07. The van der Waals surface area contributed by atoms with Crippen molar-refractivity contribution in [3.8, 4) is 5.69 Å². The van der Waals surface area contributed by atoms with Gasteiger partial charge in [-0.2, -0.15) is 5.10 Å². The molecule has 1 saturated heterocycles. The first-order chi connectivity index (χ1) is 15.8. The molecule has 3 amide bonds. The molecule has 0 bridgehead atoms. The Labute approximate surface area is 195 Å². The second-order valence-electron chi connectivity index (χ2n) is 7.75. The number of halogens is 2. The van der Waals surface area contributed by atoms with Crippen LogP contribution in [0.2, 0.25) is 5.02 Å². The molecular formula is C23H23ClFN5O3. The Bertz CT molecular complexity index is 1170. The third-order valence-electron chi connectivity index (χ3n) is 5.45. The van der Waals surface area contributed by atoms with Gasteiger partial charge in [0.25, 0.3) is 0 Å². The molecule has 2 heterocycles. The average Bonchev–Trinajstić information content (AvgIpc) is 3.43. The number of carbonyl (C=O) groups excluding carboxylic acids is 2. The maximum atomic E-state index is 14.7. The van der Waals surface area contributed by atoms with E-state index in [0.717, 1.165) is 5.69 Å². The number of likely N-dealkylation sites (tertiary alicyclic amines) is 1. The summed E-state index contributed by atoms with van der Waals surface area (Å²) in [5, 5.41) is 10.1. The minimum atomic E-state index is -0.824. The molecule has 1 fully saturated rings. The Morgan fingerprint density at radius 1 is 1.15 bits per heavy atom.